The van der Waals surface area contributed by atoms with E-state index in [1.807, 2.05) is 0 Å². The van der Waals surface area contributed by atoms with Crippen LogP contribution in [0.1, 0.15) is 27.9 Å². The van der Waals surface area contributed by atoms with E-state index in [1.165, 1.54) is 0 Å². The first-order chi connectivity index (χ1) is 26.3. The fraction of sp³-hybridized carbons (Fsp3) is 0. The number of aromatic nitrogens is 1. The van der Waals surface area contributed by atoms with Crippen LogP contribution in [0.15, 0.2) is 223 Å². The van der Waals surface area contributed by atoms with Gasteiger partial charge in [0.1, 0.15) is 0 Å². The Bertz CT molecular complexity index is 2580. The van der Waals surface area contributed by atoms with Gasteiger partial charge in [-0.15, -0.1) is 0 Å². The van der Waals surface area contributed by atoms with Crippen molar-refractivity contribution in [2.45, 2.75) is 0 Å². The molecule has 0 unspecified atom stereocenters. The molecule has 8 aromatic rings. The van der Waals surface area contributed by atoms with Gasteiger partial charge in [-0.05, 0) is 33.4 Å². The number of aliphatic imine (C=N–C) groups is 1. The van der Waals surface area contributed by atoms with Crippen LogP contribution in [-0.4, -0.2) is 10.7 Å². The summed E-state index contributed by atoms with van der Waals surface area (Å²) >= 11 is 0. The normalized spacial score (nSPS) is 13.5. The van der Waals surface area contributed by atoms with E-state index in [1.54, 1.807) is 0 Å². The van der Waals surface area contributed by atoms with Crippen LogP contribution in [0.4, 0.5) is 0 Å². The average molecular weight is 677 g/mol. The van der Waals surface area contributed by atoms with Crippen LogP contribution in [0.25, 0.3) is 50.2 Å². The SMILES string of the molecule is c1ccc(C2=N/C(=C(/c3ccccc3)c3[nH]c(-c4ccccc4)c(-c4ccccc4)c3-c3ccccc3)C(c3ccccc3)=C2c2ccccc2)cc1. The van der Waals surface area contributed by atoms with Crippen LogP contribution in [0.5, 0.6) is 0 Å². The molecule has 0 saturated carbocycles. The molecule has 1 N–H and O–H groups in total. The standard InChI is InChI=1S/C51H36N2/c1-8-22-36(23-9-1)43-45(38-26-12-3-13-27-38)50(52-48(43)41-32-18-6-19-33-41)47(40-30-16-5-17-31-40)51-46(39-28-14-4-15-29-39)44(37-24-10-2-11-25-37)49(53-51)42-34-20-7-21-35-42/h1-35,52H/b51-47-. The molecule has 0 aliphatic carbocycles. The first kappa shape index (κ1) is 31.9. The van der Waals surface area contributed by atoms with Gasteiger partial charge in [0, 0.05) is 33.4 Å². The lowest BCUT2D eigenvalue weighted by Gasteiger charge is -2.17. The van der Waals surface area contributed by atoms with Crippen molar-refractivity contribution in [3.05, 3.63) is 246 Å². The third kappa shape index (κ3) is 6.07. The summed E-state index contributed by atoms with van der Waals surface area (Å²) in [5, 5.41) is 0. The van der Waals surface area contributed by atoms with Gasteiger partial charge in [-0.1, -0.05) is 212 Å². The third-order valence-corrected chi connectivity index (χ3v) is 9.86. The first-order valence-electron chi connectivity index (χ1n) is 18.1. The van der Waals surface area contributed by atoms with Crippen LogP contribution < -0.4 is 0 Å². The molecule has 2 nitrogen and oxygen atoms in total. The highest BCUT2D eigenvalue weighted by Gasteiger charge is 2.33. The Morgan fingerprint density at radius 3 is 1.21 bits per heavy atom. The molecule has 0 saturated heterocycles. The molecule has 0 amide bonds. The predicted molar refractivity (Wildman–Crippen MR) is 222 cm³/mol. The zero-order chi connectivity index (χ0) is 35.4. The number of hydrogen-bond donors (Lipinski definition) is 1. The van der Waals surface area contributed by atoms with E-state index in [9.17, 15) is 0 Å². The molecule has 0 spiro atoms. The highest BCUT2D eigenvalue weighted by Crippen LogP contribution is 2.50. The quantitative estimate of drug-likeness (QED) is 0.166. The summed E-state index contributed by atoms with van der Waals surface area (Å²) in [5.74, 6) is 0. The van der Waals surface area contributed by atoms with E-state index >= 15 is 0 Å². The van der Waals surface area contributed by atoms with E-state index in [0.717, 1.165) is 89.6 Å². The molecule has 0 radical (unpaired) electrons. The van der Waals surface area contributed by atoms with Crippen LogP contribution in [0.2, 0.25) is 0 Å². The minimum atomic E-state index is 0.928. The van der Waals surface area contributed by atoms with Gasteiger partial charge in [0.2, 0.25) is 0 Å². The van der Waals surface area contributed by atoms with Crippen molar-refractivity contribution in [1.29, 1.82) is 0 Å². The second-order valence-corrected chi connectivity index (χ2v) is 13.1. The minimum Gasteiger partial charge on any atom is -0.353 e. The molecule has 2 heteroatoms. The predicted octanol–water partition coefficient (Wildman–Crippen LogP) is 12.9. The molecule has 0 atom stereocenters. The Balaban J connectivity index is 1.48. The Labute approximate surface area is 310 Å². The maximum absolute atomic E-state index is 5.75. The van der Waals surface area contributed by atoms with Gasteiger partial charge in [0.05, 0.1) is 22.8 Å². The number of benzene rings is 7. The number of aromatic amines is 1. The third-order valence-electron chi connectivity index (χ3n) is 9.86. The second kappa shape index (κ2) is 14.3. The van der Waals surface area contributed by atoms with Crippen LogP contribution in [-0.2, 0) is 0 Å². The highest BCUT2D eigenvalue weighted by atomic mass is 14.8. The van der Waals surface area contributed by atoms with Gasteiger partial charge in [0.15, 0.2) is 0 Å². The first-order valence-corrected chi connectivity index (χ1v) is 18.1. The van der Waals surface area contributed by atoms with Crippen molar-refractivity contribution < 1.29 is 0 Å². The average Bonchev–Trinajstić information content (AvgIpc) is 3.84. The van der Waals surface area contributed by atoms with Gasteiger partial charge in [0.25, 0.3) is 0 Å². The summed E-state index contributed by atoms with van der Waals surface area (Å²) in [4.78, 5) is 9.82. The Morgan fingerprint density at radius 1 is 0.340 bits per heavy atom. The van der Waals surface area contributed by atoms with Crippen molar-refractivity contribution in [3.63, 3.8) is 0 Å². The van der Waals surface area contributed by atoms with Crippen molar-refractivity contribution >= 4 is 22.4 Å². The van der Waals surface area contributed by atoms with Gasteiger partial charge in [-0.3, -0.25) is 0 Å². The van der Waals surface area contributed by atoms with Gasteiger partial charge >= 0.3 is 0 Å². The maximum atomic E-state index is 5.75. The molecule has 1 aliphatic heterocycles. The number of allylic oxidation sites excluding steroid dienone is 2. The molecular formula is C51H36N2. The lowest BCUT2D eigenvalue weighted by atomic mass is 9.85. The summed E-state index contributed by atoms with van der Waals surface area (Å²) in [7, 11) is 0. The summed E-state index contributed by atoms with van der Waals surface area (Å²) in [6.07, 6.45) is 0. The largest absolute Gasteiger partial charge is 0.353 e. The molecular weight excluding hydrogens is 641 g/mol. The Morgan fingerprint density at radius 2 is 0.717 bits per heavy atom. The number of nitrogens with zero attached hydrogens (tertiary/aromatic N) is 1. The van der Waals surface area contributed by atoms with Gasteiger partial charge in [-0.2, -0.15) is 0 Å². The van der Waals surface area contributed by atoms with Crippen molar-refractivity contribution in [2.75, 3.05) is 0 Å². The maximum Gasteiger partial charge on any atom is 0.0822 e. The monoisotopic (exact) mass is 676 g/mol. The number of H-pyrrole nitrogens is 1. The molecule has 1 aromatic heterocycles. The van der Waals surface area contributed by atoms with Crippen LogP contribution >= 0.6 is 0 Å². The smallest absolute Gasteiger partial charge is 0.0822 e. The molecule has 9 rings (SSSR count). The van der Waals surface area contributed by atoms with E-state index in [-0.39, 0.29) is 0 Å². The Kier molecular flexibility index (Phi) is 8.61. The Hall–Kier alpha value is -7.03. The number of nitrogens with one attached hydrogen (secondary N) is 1. The molecule has 1 aliphatic rings. The fourth-order valence-electron chi connectivity index (χ4n) is 7.52. The molecule has 0 bridgehead atoms. The fourth-order valence-corrected chi connectivity index (χ4v) is 7.52. The highest BCUT2D eigenvalue weighted by molar-refractivity contribution is 6.42. The van der Waals surface area contributed by atoms with Crippen molar-refractivity contribution in [3.8, 4) is 33.5 Å². The molecule has 2 heterocycles. The minimum absolute atomic E-state index is 0.928. The van der Waals surface area contributed by atoms with Crippen molar-refractivity contribution in [2.24, 2.45) is 4.99 Å². The van der Waals surface area contributed by atoms with Gasteiger partial charge in [-0.25, -0.2) is 4.99 Å². The molecule has 0 fully saturated rings. The molecule has 7 aromatic carbocycles. The lowest BCUT2D eigenvalue weighted by Crippen LogP contribution is -2.02. The second-order valence-electron chi connectivity index (χ2n) is 13.1. The van der Waals surface area contributed by atoms with Crippen LogP contribution in [0.3, 0.4) is 0 Å². The lowest BCUT2D eigenvalue weighted by molar-refractivity contribution is 1.31. The summed E-state index contributed by atoms with van der Waals surface area (Å²) in [6.45, 7) is 0. The van der Waals surface area contributed by atoms with Crippen LogP contribution in [0, 0.1) is 0 Å². The topological polar surface area (TPSA) is 28.1 Å². The van der Waals surface area contributed by atoms with Crippen molar-refractivity contribution in [1.82, 2.24) is 4.98 Å². The zero-order valence-electron chi connectivity index (χ0n) is 29.2. The zero-order valence-corrected chi connectivity index (χ0v) is 29.2. The molecule has 53 heavy (non-hydrogen) atoms. The number of hydrogen-bond acceptors (Lipinski definition) is 1. The summed E-state index contributed by atoms with van der Waals surface area (Å²) in [6, 6.07) is 75.0. The summed E-state index contributed by atoms with van der Waals surface area (Å²) < 4.78 is 0. The summed E-state index contributed by atoms with van der Waals surface area (Å²) in [5.41, 5.74) is 17.3. The van der Waals surface area contributed by atoms with E-state index < -0.39 is 0 Å². The van der Waals surface area contributed by atoms with E-state index in [4.69, 9.17) is 4.99 Å². The molecule has 250 valence electrons. The number of rotatable bonds is 8. The van der Waals surface area contributed by atoms with E-state index in [2.05, 4.69) is 217 Å². The van der Waals surface area contributed by atoms with Gasteiger partial charge < -0.3 is 4.98 Å². The van der Waals surface area contributed by atoms with E-state index in [0.29, 0.717) is 0 Å².